The fraction of sp³-hybridized carbons (Fsp3) is 0.417. The summed E-state index contributed by atoms with van der Waals surface area (Å²) < 4.78 is 6.36. The first kappa shape index (κ1) is 13.5. The Bertz CT molecular complexity index is 576. The van der Waals surface area contributed by atoms with Crippen LogP contribution in [0, 0.1) is 6.92 Å². The van der Waals surface area contributed by atoms with Crippen molar-refractivity contribution < 1.29 is 9.53 Å². The van der Waals surface area contributed by atoms with Crippen LogP contribution in [0.25, 0.3) is 0 Å². The lowest BCUT2D eigenvalue weighted by molar-refractivity contribution is -0.140. The van der Waals surface area contributed by atoms with Crippen LogP contribution < -0.4 is 5.32 Å². The van der Waals surface area contributed by atoms with Crippen molar-refractivity contribution in [2.75, 3.05) is 12.4 Å². The number of nitrogens with zero attached hydrogens (tertiary/aromatic N) is 3. The summed E-state index contributed by atoms with van der Waals surface area (Å²) in [4.78, 5) is 15.5. The highest BCUT2D eigenvalue weighted by atomic mass is 32.1. The number of aryl methyl sites for hydroxylation is 3. The van der Waals surface area contributed by atoms with E-state index < -0.39 is 0 Å². The first-order valence-electron chi connectivity index (χ1n) is 5.87. The Morgan fingerprint density at radius 2 is 2.37 bits per heavy atom. The highest BCUT2D eigenvalue weighted by molar-refractivity contribution is 7.13. The molecule has 2 aromatic rings. The molecule has 0 aliphatic rings. The molecule has 0 atom stereocenters. The van der Waals surface area contributed by atoms with E-state index in [1.54, 1.807) is 4.68 Å². The Morgan fingerprint density at radius 1 is 1.58 bits per heavy atom. The average Bonchev–Trinajstić information content (AvgIpc) is 2.94. The van der Waals surface area contributed by atoms with E-state index in [-0.39, 0.29) is 5.97 Å². The zero-order chi connectivity index (χ0) is 13.8. The maximum absolute atomic E-state index is 11.1. The molecule has 19 heavy (non-hydrogen) atoms. The number of carbonyl (C=O) groups excluding carboxylic acids is 1. The largest absolute Gasteiger partial charge is 0.469 e. The number of rotatable bonds is 5. The number of thiazole rings is 1. The maximum Gasteiger partial charge on any atom is 0.305 e. The Hall–Kier alpha value is -1.89. The summed E-state index contributed by atoms with van der Waals surface area (Å²) in [5.41, 5.74) is 2.75. The van der Waals surface area contributed by atoms with Crippen molar-refractivity contribution in [1.29, 1.82) is 0 Å². The Kier molecular flexibility index (Phi) is 4.16. The highest BCUT2D eigenvalue weighted by Gasteiger charge is 2.08. The van der Waals surface area contributed by atoms with Crippen molar-refractivity contribution in [3.63, 3.8) is 0 Å². The van der Waals surface area contributed by atoms with Crippen molar-refractivity contribution in [2.45, 2.75) is 19.8 Å². The minimum atomic E-state index is -0.217. The van der Waals surface area contributed by atoms with Crippen molar-refractivity contribution in [1.82, 2.24) is 14.8 Å². The SMILES string of the molecule is COC(=O)CCc1csc(Nc2cn(C)nc2C)n1. The lowest BCUT2D eigenvalue weighted by Crippen LogP contribution is -2.02. The molecule has 0 unspecified atom stereocenters. The van der Waals surface area contributed by atoms with Gasteiger partial charge in [0.2, 0.25) is 0 Å². The van der Waals surface area contributed by atoms with Gasteiger partial charge in [0.1, 0.15) is 0 Å². The molecular weight excluding hydrogens is 264 g/mol. The smallest absolute Gasteiger partial charge is 0.305 e. The van der Waals surface area contributed by atoms with Gasteiger partial charge in [-0.05, 0) is 6.92 Å². The number of methoxy groups -OCH3 is 1. The summed E-state index contributed by atoms with van der Waals surface area (Å²) in [6.07, 6.45) is 2.85. The molecule has 0 aliphatic heterocycles. The number of esters is 1. The number of carbonyl (C=O) groups is 1. The first-order valence-corrected chi connectivity index (χ1v) is 6.75. The minimum Gasteiger partial charge on any atom is -0.469 e. The highest BCUT2D eigenvalue weighted by Crippen LogP contribution is 2.23. The van der Waals surface area contributed by atoms with Gasteiger partial charge >= 0.3 is 5.97 Å². The van der Waals surface area contributed by atoms with Crippen LogP contribution in [0.2, 0.25) is 0 Å². The molecule has 0 radical (unpaired) electrons. The van der Waals surface area contributed by atoms with Crippen LogP contribution in [-0.4, -0.2) is 27.8 Å². The van der Waals surface area contributed by atoms with Gasteiger partial charge in [-0.3, -0.25) is 9.48 Å². The number of nitrogens with one attached hydrogen (secondary N) is 1. The summed E-state index contributed by atoms with van der Waals surface area (Å²) in [5.74, 6) is -0.217. The van der Waals surface area contributed by atoms with E-state index in [0.717, 1.165) is 22.2 Å². The molecule has 6 nitrogen and oxygen atoms in total. The van der Waals surface area contributed by atoms with E-state index in [2.05, 4.69) is 20.1 Å². The van der Waals surface area contributed by atoms with Gasteiger partial charge < -0.3 is 10.1 Å². The molecule has 0 saturated heterocycles. The summed E-state index contributed by atoms with van der Waals surface area (Å²) in [6.45, 7) is 1.94. The molecule has 0 bridgehead atoms. The van der Waals surface area contributed by atoms with E-state index in [0.29, 0.717) is 12.8 Å². The van der Waals surface area contributed by atoms with Crippen LogP contribution in [0.5, 0.6) is 0 Å². The topological polar surface area (TPSA) is 69.0 Å². The van der Waals surface area contributed by atoms with E-state index >= 15 is 0 Å². The van der Waals surface area contributed by atoms with Crippen LogP contribution in [0.3, 0.4) is 0 Å². The van der Waals surface area contributed by atoms with Gasteiger partial charge in [0.15, 0.2) is 5.13 Å². The summed E-state index contributed by atoms with van der Waals surface area (Å²) >= 11 is 1.51. The Morgan fingerprint density at radius 3 is 3.00 bits per heavy atom. The van der Waals surface area contributed by atoms with Crippen LogP contribution >= 0.6 is 11.3 Å². The van der Waals surface area contributed by atoms with Crippen LogP contribution in [0.4, 0.5) is 10.8 Å². The second kappa shape index (κ2) is 5.83. The standard InChI is InChI=1S/C12H16N4O2S/c1-8-10(6-16(2)15-8)14-12-13-9(7-19-12)4-5-11(17)18-3/h6-7H,4-5H2,1-3H3,(H,13,14). The minimum absolute atomic E-state index is 0.217. The fourth-order valence-electron chi connectivity index (χ4n) is 1.65. The van der Waals surface area contributed by atoms with Gasteiger partial charge in [-0.2, -0.15) is 5.10 Å². The molecule has 2 heterocycles. The van der Waals surface area contributed by atoms with Crippen LogP contribution in [-0.2, 0) is 23.0 Å². The predicted octanol–water partition coefficient (Wildman–Crippen LogP) is 2.03. The second-order valence-electron chi connectivity index (χ2n) is 4.15. The molecular formula is C12H16N4O2S. The van der Waals surface area contributed by atoms with E-state index in [1.807, 2.05) is 25.5 Å². The molecule has 2 aromatic heterocycles. The average molecular weight is 280 g/mol. The summed E-state index contributed by atoms with van der Waals surface area (Å²) in [5, 5.41) is 10.2. The van der Waals surface area contributed by atoms with E-state index in [1.165, 1.54) is 18.4 Å². The number of hydrogen-bond acceptors (Lipinski definition) is 6. The molecule has 0 aromatic carbocycles. The zero-order valence-corrected chi connectivity index (χ0v) is 12.0. The quantitative estimate of drug-likeness (QED) is 0.849. The molecule has 2 rings (SSSR count). The lowest BCUT2D eigenvalue weighted by Gasteiger charge is -1.99. The number of anilines is 2. The van der Waals surface area contributed by atoms with Crippen molar-refractivity contribution in [2.24, 2.45) is 7.05 Å². The van der Waals surface area contributed by atoms with Crippen molar-refractivity contribution in [3.05, 3.63) is 23.0 Å². The van der Waals surface area contributed by atoms with Crippen LogP contribution in [0.1, 0.15) is 17.8 Å². The van der Waals surface area contributed by atoms with Gasteiger partial charge in [-0.1, -0.05) is 0 Å². The maximum atomic E-state index is 11.1. The normalized spacial score (nSPS) is 10.5. The van der Waals surface area contributed by atoms with Gasteiger partial charge in [0.25, 0.3) is 0 Å². The summed E-state index contributed by atoms with van der Waals surface area (Å²) in [7, 11) is 3.27. The molecule has 0 aliphatic carbocycles. The van der Waals surface area contributed by atoms with Gasteiger partial charge in [0.05, 0.1) is 30.6 Å². The molecule has 0 spiro atoms. The molecule has 0 fully saturated rings. The first-order chi connectivity index (χ1) is 9.08. The van der Waals surface area contributed by atoms with Crippen molar-refractivity contribution in [3.8, 4) is 0 Å². The lowest BCUT2D eigenvalue weighted by atomic mass is 10.2. The third kappa shape index (κ3) is 3.54. The Labute approximate surface area is 115 Å². The fourth-order valence-corrected chi connectivity index (χ4v) is 2.41. The molecule has 102 valence electrons. The molecule has 7 heteroatoms. The predicted molar refractivity (Wildman–Crippen MR) is 73.7 cm³/mol. The van der Waals surface area contributed by atoms with Crippen molar-refractivity contribution >= 4 is 28.1 Å². The third-order valence-electron chi connectivity index (χ3n) is 2.62. The van der Waals surface area contributed by atoms with Gasteiger partial charge in [-0.25, -0.2) is 4.98 Å². The zero-order valence-electron chi connectivity index (χ0n) is 11.1. The third-order valence-corrected chi connectivity index (χ3v) is 3.43. The van der Waals surface area contributed by atoms with Crippen LogP contribution in [0.15, 0.2) is 11.6 Å². The second-order valence-corrected chi connectivity index (χ2v) is 5.01. The van der Waals surface area contributed by atoms with E-state index in [9.17, 15) is 4.79 Å². The van der Waals surface area contributed by atoms with Gasteiger partial charge in [0, 0.05) is 25.0 Å². The number of aromatic nitrogens is 3. The summed E-state index contributed by atoms with van der Waals surface area (Å²) in [6, 6.07) is 0. The monoisotopic (exact) mass is 280 g/mol. The molecule has 1 N–H and O–H groups in total. The number of hydrogen-bond donors (Lipinski definition) is 1. The number of ether oxygens (including phenoxy) is 1. The Balaban J connectivity index is 1.97. The molecule has 0 amide bonds. The van der Waals surface area contributed by atoms with E-state index in [4.69, 9.17) is 0 Å². The molecule has 0 saturated carbocycles. The van der Waals surface area contributed by atoms with Gasteiger partial charge in [-0.15, -0.1) is 11.3 Å².